The molecule has 0 bridgehead atoms. The second-order valence-electron chi connectivity index (χ2n) is 7.68. The van der Waals surface area contributed by atoms with Crippen molar-refractivity contribution < 1.29 is 18.0 Å². The zero-order valence-corrected chi connectivity index (χ0v) is 16.0. The van der Waals surface area contributed by atoms with E-state index in [0.717, 1.165) is 24.6 Å². The molecule has 8 heteroatoms. The van der Waals surface area contributed by atoms with Crippen molar-refractivity contribution in [3.8, 4) is 0 Å². The maximum absolute atomic E-state index is 13.4. The zero-order chi connectivity index (χ0) is 20.4. The van der Waals surface area contributed by atoms with Crippen molar-refractivity contribution in [2.24, 2.45) is 5.92 Å². The molecule has 2 aromatic rings. The number of aromatic nitrogens is 2. The first-order valence-corrected chi connectivity index (χ1v) is 9.91. The largest absolute Gasteiger partial charge is 0.419 e. The van der Waals surface area contributed by atoms with Gasteiger partial charge in [0.1, 0.15) is 5.82 Å². The van der Waals surface area contributed by atoms with Crippen LogP contribution in [0.25, 0.3) is 0 Å². The van der Waals surface area contributed by atoms with Crippen molar-refractivity contribution in [3.05, 3.63) is 54.0 Å². The SMILES string of the molecule is O=C(C1CCCN(c2ncccc2C(F)(F)F)C1)N(Cc1ccccn1)C1CC1. The van der Waals surface area contributed by atoms with Crippen LogP contribution in [-0.4, -0.2) is 39.9 Å². The number of halogens is 3. The molecule has 0 radical (unpaired) electrons. The van der Waals surface area contributed by atoms with Gasteiger partial charge < -0.3 is 9.80 Å². The predicted molar refractivity (Wildman–Crippen MR) is 102 cm³/mol. The number of nitrogens with zero attached hydrogens (tertiary/aromatic N) is 4. The highest BCUT2D eigenvalue weighted by molar-refractivity contribution is 5.80. The van der Waals surface area contributed by atoms with Crippen molar-refractivity contribution in [1.29, 1.82) is 0 Å². The molecule has 1 saturated heterocycles. The van der Waals surface area contributed by atoms with Crippen molar-refractivity contribution in [2.45, 2.75) is 44.4 Å². The molecule has 1 atom stereocenters. The van der Waals surface area contributed by atoms with E-state index in [-0.39, 0.29) is 30.2 Å². The van der Waals surface area contributed by atoms with Gasteiger partial charge in [-0.1, -0.05) is 6.07 Å². The summed E-state index contributed by atoms with van der Waals surface area (Å²) in [6, 6.07) is 8.16. The quantitative estimate of drug-likeness (QED) is 0.758. The van der Waals surface area contributed by atoms with Crippen LogP contribution < -0.4 is 4.90 Å². The summed E-state index contributed by atoms with van der Waals surface area (Å²) in [5.74, 6) is -0.413. The molecule has 1 aliphatic carbocycles. The fourth-order valence-electron chi connectivity index (χ4n) is 3.92. The highest BCUT2D eigenvalue weighted by Crippen LogP contribution is 2.37. The number of hydrogen-bond donors (Lipinski definition) is 0. The van der Waals surface area contributed by atoms with E-state index in [1.54, 1.807) is 11.1 Å². The highest BCUT2D eigenvalue weighted by atomic mass is 19.4. The molecule has 1 aliphatic heterocycles. The lowest BCUT2D eigenvalue weighted by Crippen LogP contribution is -2.46. The molecule has 2 aromatic heterocycles. The molecule has 0 N–H and O–H groups in total. The van der Waals surface area contributed by atoms with Gasteiger partial charge in [-0.25, -0.2) is 4.98 Å². The number of piperidine rings is 1. The molecule has 0 aromatic carbocycles. The standard InChI is InChI=1S/C21H23F3N4O/c22-21(23,24)18-7-3-11-26-19(18)27-12-4-5-15(13-27)20(29)28(17-8-9-17)14-16-6-1-2-10-25-16/h1-3,6-7,10-11,15,17H,4-5,8-9,12-14H2. The van der Waals surface area contributed by atoms with Gasteiger partial charge in [-0.15, -0.1) is 0 Å². The molecule has 2 fully saturated rings. The van der Waals surface area contributed by atoms with Crippen LogP contribution in [0.15, 0.2) is 42.7 Å². The van der Waals surface area contributed by atoms with E-state index in [2.05, 4.69) is 9.97 Å². The Morgan fingerprint density at radius 3 is 2.59 bits per heavy atom. The lowest BCUT2D eigenvalue weighted by Gasteiger charge is -2.36. The second-order valence-corrected chi connectivity index (χ2v) is 7.68. The Labute approximate surface area is 167 Å². The van der Waals surface area contributed by atoms with Crippen molar-refractivity contribution >= 4 is 11.7 Å². The number of pyridine rings is 2. The first kappa shape index (κ1) is 19.7. The third-order valence-electron chi connectivity index (χ3n) is 5.49. The number of anilines is 1. The Balaban J connectivity index is 1.51. The van der Waals surface area contributed by atoms with Gasteiger partial charge in [-0.3, -0.25) is 9.78 Å². The van der Waals surface area contributed by atoms with Crippen molar-refractivity contribution in [2.75, 3.05) is 18.0 Å². The van der Waals surface area contributed by atoms with Crippen LogP contribution in [0.1, 0.15) is 36.9 Å². The van der Waals surface area contributed by atoms with Crippen LogP contribution >= 0.6 is 0 Å². The Bertz CT molecular complexity index is 855. The topological polar surface area (TPSA) is 49.3 Å². The minimum atomic E-state index is -4.47. The van der Waals surface area contributed by atoms with Gasteiger partial charge in [-0.2, -0.15) is 13.2 Å². The molecule has 2 aliphatic rings. The molecule has 1 saturated carbocycles. The molecule has 0 spiro atoms. The molecule has 4 rings (SSSR count). The number of amides is 1. The summed E-state index contributed by atoms with van der Waals surface area (Å²) in [5.41, 5.74) is 0.0742. The summed E-state index contributed by atoms with van der Waals surface area (Å²) < 4.78 is 40.2. The minimum absolute atomic E-state index is 0.00680. The Hall–Kier alpha value is -2.64. The van der Waals surface area contributed by atoms with E-state index >= 15 is 0 Å². The van der Waals surface area contributed by atoms with Gasteiger partial charge in [0.15, 0.2) is 0 Å². The average molecular weight is 404 g/mol. The predicted octanol–water partition coefficient (Wildman–Crippen LogP) is 3.90. The van der Waals surface area contributed by atoms with E-state index in [1.807, 2.05) is 23.1 Å². The van der Waals surface area contributed by atoms with E-state index in [1.165, 1.54) is 12.3 Å². The Morgan fingerprint density at radius 1 is 1.10 bits per heavy atom. The minimum Gasteiger partial charge on any atom is -0.355 e. The third-order valence-corrected chi connectivity index (χ3v) is 5.49. The number of hydrogen-bond acceptors (Lipinski definition) is 4. The van der Waals surface area contributed by atoms with E-state index < -0.39 is 11.7 Å². The second kappa shape index (κ2) is 8.00. The number of rotatable bonds is 5. The monoisotopic (exact) mass is 404 g/mol. The lowest BCUT2D eigenvalue weighted by molar-refractivity contribution is -0.137. The maximum atomic E-state index is 13.4. The van der Waals surface area contributed by atoms with Crippen molar-refractivity contribution in [1.82, 2.24) is 14.9 Å². The van der Waals surface area contributed by atoms with Gasteiger partial charge >= 0.3 is 6.18 Å². The molecular weight excluding hydrogens is 381 g/mol. The normalized spacial score (nSPS) is 19.8. The van der Waals surface area contributed by atoms with Crippen LogP contribution in [0.4, 0.5) is 19.0 Å². The fraction of sp³-hybridized carbons (Fsp3) is 0.476. The van der Waals surface area contributed by atoms with Crippen LogP contribution in [0.5, 0.6) is 0 Å². The van der Waals surface area contributed by atoms with Crippen molar-refractivity contribution in [3.63, 3.8) is 0 Å². The van der Waals surface area contributed by atoms with Crippen LogP contribution in [0.2, 0.25) is 0 Å². The molecule has 1 amide bonds. The number of carbonyl (C=O) groups excluding carboxylic acids is 1. The Morgan fingerprint density at radius 2 is 1.90 bits per heavy atom. The highest BCUT2D eigenvalue weighted by Gasteiger charge is 2.40. The van der Waals surface area contributed by atoms with E-state index in [0.29, 0.717) is 25.9 Å². The fourth-order valence-corrected chi connectivity index (χ4v) is 3.92. The first-order valence-electron chi connectivity index (χ1n) is 9.91. The molecular formula is C21H23F3N4O. The molecule has 5 nitrogen and oxygen atoms in total. The molecule has 1 unspecified atom stereocenters. The van der Waals surface area contributed by atoms with Gasteiger partial charge in [0, 0.05) is 31.5 Å². The summed E-state index contributed by atoms with van der Waals surface area (Å²) in [5, 5.41) is 0. The third kappa shape index (κ3) is 4.52. The molecule has 154 valence electrons. The average Bonchev–Trinajstić information content (AvgIpc) is 3.57. The van der Waals surface area contributed by atoms with Crippen LogP contribution in [-0.2, 0) is 17.5 Å². The summed E-state index contributed by atoms with van der Waals surface area (Å²) in [7, 11) is 0. The summed E-state index contributed by atoms with van der Waals surface area (Å²) in [6.45, 7) is 1.16. The Kier molecular flexibility index (Phi) is 5.43. The summed E-state index contributed by atoms with van der Waals surface area (Å²) in [4.78, 5) is 25.1. The zero-order valence-electron chi connectivity index (χ0n) is 16.0. The summed E-state index contributed by atoms with van der Waals surface area (Å²) >= 11 is 0. The van der Waals surface area contributed by atoms with Gasteiger partial charge in [0.05, 0.1) is 23.7 Å². The van der Waals surface area contributed by atoms with E-state index in [9.17, 15) is 18.0 Å². The number of alkyl halides is 3. The van der Waals surface area contributed by atoms with Gasteiger partial charge in [0.25, 0.3) is 0 Å². The summed E-state index contributed by atoms with van der Waals surface area (Å²) in [6.07, 6.45) is 1.86. The smallest absolute Gasteiger partial charge is 0.355 e. The molecule has 3 heterocycles. The van der Waals surface area contributed by atoms with Crippen LogP contribution in [0.3, 0.4) is 0 Å². The first-order chi connectivity index (χ1) is 13.9. The maximum Gasteiger partial charge on any atom is 0.419 e. The number of carbonyl (C=O) groups is 1. The van der Waals surface area contributed by atoms with Gasteiger partial charge in [0.2, 0.25) is 5.91 Å². The van der Waals surface area contributed by atoms with Gasteiger partial charge in [-0.05, 0) is 49.9 Å². The van der Waals surface area contributed by atoms with E-state index in [4.69, 9.17) is 0 Å². The lowest BCUT2D eigenvalue weighted by atomic mass is 9.95. The molecule has 29 heavy (non-hydrogen) atoms. The van der Waals surface area contributed by atoms with Crippen LogP contribution in [0, 0.1) is 5.92 Å².